The van der Waals surface area contributed by atoms with Crippen LogP contribution >= 0.6 is 22.9 Å². The normalized spacial score (nSPS) is 28.2. The Morgan fingerprint density at radius 2 is 2.41 bits per heavy atom. The molecule has 2 rings (SSSR count). The van der Waals surface area contributed by atoms with Crippen molar-refractivity contribution in [2.75, 3.05) is 19.6 Å². The molecule has 3 unspecified atom stereocenters. The minimum absolute atomic E-state index is 0.189. The fourth-order valence-corrected chi connectivity index (χ4v) is 3.52. The third-order valence-corrected chi connectivity index (χ3v) is 4.87. The van der Waals surface area contributed by atoms with Gasteiger partial charge in [0.25, 0.3) is 0 Å². The van der Waals surface area contributed by atoms with Crippen LogP contribution in [0.2, 0.25) is 4.34 Å². The predicted molar refractivity (Wildman–Crippen MR) is 72.5 cm³/mol. The van der Waals surface area contributed by atoms with E-state index in [1.165, 1.54) is 4.88 Å². The third-order valence-electron chi connectivity index (χ3n) is 3.54. The van der Waals surface area contributed by atoms with Gasteiger partial charge in [0.05, 0.1) is 16.5 Å². The molecule has 1 saturated heterocycles. The van der Waals surface area contributed by atoms with Crippen LogP contribution in [0.15, 0.2) is 12.1 Å². The van der Waals surface area contributed by atoms with Gasteiger partial charge in [-0.2, -0.15) is 0 Å². The van der Waals surface area contributed by atoms with Crippen LogP contribution in [-0.4, -0.2) is 35.7 Å². The van der Waals surface area contributed by atoms with E-state index in [2.05, 4.69) is 11.8 Å². The first-order valence-electron chi connectivity index (χ1n) is 5.99. The first kappa shape index (κ1) is 13.3. The van der Waals surface area contributed by atoms with E-state index in [0.717, 1.165) is 17.3 Å². The molecule has 3 N–H and O–H groups in total. The van der Waals surface area contributed by atoms with Gasteiger partial charge in [-0.1, -0.05) is 18.5 Å². The molecule has 0 aliphatic carbocycles. The highest BCUT2D eigenvalue weighted by Gasteiger charge is 2.29. The summed E-state index contributed by atoms with van der Waals surface area (Å²) < 4.78 is 0.796. The molecular weight excluding hydrogens is 256 g/mol. The number of thiophene rings is 1. The maximum Gasteiger partial charge on any atom is 0.0931 e. The topological polar surface area (TPSA) is 49.5 Å². The lowest BCUT2D eigenvalue weighted by atomic mass is 9.94. The van der Waals surface area contributed by atoms with Crippen molar-refractivity contribution in [2.24, 2.45) is 11.7 Å². The van der Waals surface area contributed by atoms with E-state index in [1.54, 1.807) is 11.3 Å². The first-order valence-corrected chi connectivity index (χ1v) is 7.18. The number of aliphatic hydroxyl groups is 1. The van der Waals surface area contributed by atoms with Crippen LogP contribution in [0, 0.1) is 5.92 Å². The number of halogens is 1. The molecule has 96 valence electrons. The Balaban J connectivity index is 2.08. The van der Waals surface area contributed by atoms with Gasteiger partial charge >= 0.3 is 0 Å². The molecule has 17 heavy (non-hydrogen) atoms. The Bertz CT molecular complexity index is 371. The summed E-state index contributed by atoms with van der Waals surface area (Å²) in [6.07, 6.45) is 0.782. The molecule has 0 amide bonds. The van der Waals surface area contributed by atoms with Crippen molar-refractivity contribution in [1.82, 2.24) is 4.90 Å². The minimum atomic E-state index is -0.242. The third kappa shape index (κ3) is 3.01. The number of nitrogens with two attached hydrogens (primary N) is 1. The molecule has 1 aliphatic heterocycles. The van der Waals surface area contributed by atoms with Gasteiger partial charge in [0.1, 0.15) is 0 Å². The Labute approximate surface area is 111 Å². The van der Waals surface area contributed by atoms with E-state index in [-0.39, 0.29) is 12.1 Å². The summed E-state index contributed by atoms with van der Waals surface area (Å²) in [5.74, 6) is 0.386. The summed E-state index contributed by atoms with van der Waals surface area (Å²) in [5, 5.41) is 9.94. The zero-order valence-corrected chi connectivity index (χ0v) is 11.5. The molecule has 2 heterocycles. The van der Waals surface area contributed by atoms with Crippen LogP contribution in [-0.2, 0) is 0 Å². The molecule has 0 saturated carbocycles. The molecule has 5 heteroatoms. The predicted octanol–water partition coefficient (Wildman–Crippen LogP) is 2.10. The van der Waals surface area contributed by atoms with Crippen molar-refractivity contribution < 1.29 is 5.11 Å². The van der Waals surface area contributed by atoms with Crippen LogP contribution in [0.4, 0.5) is 0 Å². The SMILES string of the molecule is CC1CCN(C(CN)c2ccc(Cl)s2)CC1O. The van der Waals surface area contributed by atoms with Gasteiger partial charge in [-0.05, 0) is 31.0 Å². The van der Waals surface area contributed by atoms with Crippen LogP contribution in [0.1, 0.15) is 24.3 Å². The van der Waals surface area contributed by atoms with E-state index in [9.17, 15) is 5.11 Å². The fourth-order valence-electron chi connectivity index (χ4n) is 2.31. The van der Waals surface area contributed by atoms with Crippen molar-refractivity contribution >= 4 is 22.9 Å². The maximum atomic E-state index is 9.94. The highest BCUT2D eigenvalue weighted by Crippen LogP contribution is 2.32. The molecule has 1 fully saturated rings. The second-order valence-corrected chi connectivity index (χ2v) is 6.47. The number of hydrogen-bond donors (Lipinski definition) is 2. The van der Waals surface area contributed by atoms with Crippen molar-refractivity contribution in [3.63, 3.8) is 0 Å². The molecule has 0 aromatic carbocycles. The minimum Gasteiger partial charge on any atom is -0.392 e. The van der Waals surface area contributed by atoms with Crippen LogP contribution in [0.5, 0.6) is 0 Å². The molecule has 3 nitrogen and oxygen atoms in total. The number of piperidine rings is 1. The van der Waals surface area contributed by atoms with E-state index in [1.807, 2.05) is 12.1 Å². The standard InChI is InChI=1S/C12H19ClN2OS/c1-8-4-5-15(7-10(8)16)9(6-14)11-2-3-12(13)17-11/h2-3,8-10,16H,4-7,14H2,1H3. The van der Waals surface area contributed by atoms with E-state index in [4.69, 9.17) is 17.3 Å². The molecule has 0 spiro atoms. The van der Waals surface area contributed by atoms with E-state index in [0.29, 0.717) is 19.0 Å². The maximum absolute atomic E-state index is 9.94. The quantitative estimate of drug-likeness (QED) is 0.888. The average molecular weight is 275 g/mol. The highest BCUT2D eigenvalue weighted by atomic mass is 35.5. The van der Waals surface area contributed by atoms with Crippen molar-refractivity contribution in [3.8, 4) is 0 Å². The molecule has 0 bridgehead atoms. The van der Waals surface area contributed by atoms with E-state index >= 15 is 0 Å². The monoisotopic (exact) mass is 274 g/mol. The lowest BCUT2D eigenvalue weighted by Gasteiger charge is -2.38. The van der Waals surface area contributed by atoms with Crippen LogP contribution in [0.3, 0.4) is 0 Å². The van der Waals surface area contributed by atoms with Crippen LogP contribution < -0.4 is 5.73 Å². The van der Waals surface area contributed by atoms with Gasteiger partial charge in [0, 0.05) is 18.0 Å². The second kappa shape index (κ2) is 5.67. The summed E-state index contributed by atoms with van der Waals surface area (Å²) in [7, 11) is 0. The summed E-state index contributed by atoms with van der Waals surface area (Å²) >= 11 is 7.54. The highest BCUT2D eigenvalue weighted by molar-refractivity contribution is 7.16. The zero-order valence-electron chi connectivity index (χ0n) is 9.97. The second-order valence-electron chi connectivity index (χ2n) is 4.72. The summed E-state index contributed by atoms with van der Waals surface area (Å²) in [6, 6.07) is 4.14. The van der Waals surface area contributed by atoms with Gasteiger partial charge in [0.15, 0.2) is 0 Å². The Morgan fingerprint density at radius 1 is 1.65 bits per heavy atom. The van der Waals surface area contributed by atoms with Gasteiger partial charge < -0.3 is 10.8 Å². The number of rotatable bonds is 3. The average Bonchev–Trinajstić information content (AvgIpc) is 2.71. The lowest BCUT2D eigenvalue weighted by Crippen LogP contribution is -2.46. The van der Waals surface area contributed by atoms with Gasteiger partial charge in [-0.25, -0.2) is 0 Å². The largest absolute Gasteiger partial charge is 0.392 e. The Hall–Kier alpha value is -0.130. The summed E-state index contributed by atoms with van der Waals surface area (Å²) in [6.45, 7) is 4.37. The number of hydrogen-bond acceptors (Lipinski definition) is 4. The molecular formula is C12H19ClN2OS. The number of β-amino-alcohol motifs (C(OH)–C–C–N with tert-alkyl or cyclic N) is 1. The van der Waals surface area contributed by atoms with Gasteiger partial charge in [-0.15, -0.1) is 11.3 Å². The van der Waals surface area contributed by atoms with Crippen molar-refractivity contribution in [3.05, 3.63) is 21.3 Å². The smallest absolute Gasteiger partial charge is 0.0931 e. The first-order chi connectivity index (χ1) is 8.11. The summed E-state index contributed by atoms with van der Waals surface area (Å²) in [5.41, 5.74) is 5.87. The lowest BCUT2D eigenvalue weighted by molar-refractivity contribution is 0.0117. The molecule has 3 atom stereocenters. The van der Waals surface area contributed by atoms with Crippen molar-refractivity contribution in [2.45, 2.75) is 25.5 Å². The van der Waals surface area contributed by atoms with E-state index < -0.39 is 0 Å². The van der Waals surface area contributed by atoms with Crippen LogP contribution in [0.25, 0.3) is 0 Å². The molecule has 1 aliphatic rings. The van der Waals surface area contributed by atoms with Gasteiger partial charge in [0.2, 0.25) is 0 Å². The summed E-state index contributed by atoms with van der Waals surface area (Å²) in [4.78, 5) is 3.46. The Morgan fingerprint density at radius 3 is 2.94 bits per heavy atom. The Kier molecular flexibility index (Phi) is 4.44. The zero-order chi connectivity index (χ0) is 12.4. The number of likely N-dealkylation sites (tertiary alicyclic amines) is 1. The van der Waals surface area contributed by atoms with Crippen molar-refractivity contribution in [1.29, 1.82) is 0 Å². The molecule has 0 radical (unpaired) electrons. The fraction of sp³-hybridized carbons (Fsp3) is 0.667. The number of aliphatic hydroxyl groups excluding tert-OH is 1. The van der Waals surface area contributed by atoms with Gasteiger partial charge in [-0.3, -0.25) is 4.90 Å². The number of nitrogens with zero attached hydrogens (tertiary/aromatic N) is 1. The molecule has 1 aromatic heterocycles. The molecule has 1 aromatic rings.